The molecule has 3 heterocycles. The van der Waals surface area contributed by atoms with Gasteiger partial charge in [-0.25, -0.2) is 0 Å². The Bertz CT molecular complexity index is 1890. The van der Waals surface area contributed by atoms with Crippen molar-refractivity contribution in [2.45, 2.75) is 39.5 Å². The average molecular weight is 624 g/mol. The van der Waals surface area contributed by atoms with Gasteiger partial charge in [0.2, 0.25) is 0 Å². The summed E-state index contributed by atoms with van der Waals surface area (Å²) in [5.74, 6) is 2.37. The summed E-state index contributed by atoms with van der Waals surface area (Å²) in [5.41, 5.74) is 0. The molecular weight excluding hydrogens is 595 g/mol. The fourth-order valence-electron chi connectivity index (χ4n) is 4.69. The molecule has 0 saturated heterocycles. The van der Waals surface area contributed by atoms with E-state index in [9.17, 15) is 5.11 Å². The maximum Gasteiger partial charge on any atom is 0.116 e. The van der Waals surface area contributed by atoms with Crippen molar-refractivity contribution in [1.29, 1.82) is 0 Å². The van der Waals surface area contributed by atoms with E-state index in [1.54, 1.807) is 22.7 Å². The molecule has 0 fully saturated rings. The lowest BCUT2D eigenvalue weighted by Gasteiger charge is -2.09. The van der Waals surface area contributed by atoms with Crippen molar-refractivity contribution in [1.82, 2.24) is 4.98 Å². The Morgan fingerprint density at radius 3 is 1.82 bits per heavy atom. The molecule has 2 nitrogen and oxygen atoms in total. The molecule has 200 valence electrons. The normalized spacial score (nSPS) is 14.6. The van der Waals surface area contributed by atoms with Gasteiger partial charge in [0.15, 0.2) is 0 Å². The molecule has 0 atom stereocenters. The summed E-state index contributed by atoms with van der Waals surface area (Å²) in [6, 6.07) is 17.8. The van der Waals surface area contributed by atoms with Crippen LogP contribution in [0.3, 0.4) is 0 Å². The molecule has 0 saturated carbocycles. The predicted molar refractivity (Wildman–Crippen MR) is 181 cm³/mol. The first-order valence-electron chi connectivity index (χ1n) is 13.3. The molecule has 0 amide bonds. The molecule has 0 unspecified atom stereocenters. The maximum atomic E-state index is 9.69. The van der Waals surface area contributed by atoms with Crippen molar-refractivity contribution in [3.05, 3.63) is 91.9 Å². The number of thioether (sulfide) groups is 4. The van der Waals surface area contributed by atoms with E-state index in [1.165, 1.54) is 85.7 Å². The van der Waals surface area contributed by atoms with Crippen LogP contribution in [-0.2, 0) is 0 Å². The molecule has 3 aliphatic heterocycles. The average Bonchev–Trinajstić information content (AvgIpc) is 3.66. The number of fused-ring (bicyclic) bond motifs is 2. The Hall–Kier alpha value is -1.55. The molecule has 8 heteroatoms. The van der Waals surface area contributed by atoms with Crippen molar-refractivity contribution in [3.8, 4) is 0 Å². The van der Waals surface area contributed by atoms with Gasteiger partial charge >= 0.3 is 0 Å². The van der Waals surface area contributed by atoms with Gasteiger partial charge in [0.25, 0.3) is 0 Å². The molecule has 0 spiro atoms. The molecule has 3 aliphatic rings. The van der Waals surface area contributed by atoms with Crippen LogP contribution in [0.15, 0.2) is 63.2 Å². The predicted octanol–water partition coefficient (Wildman–Crippen LogP) is 9.56. The summed E-state index contributed by atoms with van der Waals surface area (Å²) < 4.78 is 7.81. The van der Waals surface area contributed by atoms with Gasteiger partial charge in [0, 0.05) is 16.6 Å². The van der Waals surface area contributed by atoms with Crippen LogP contribution in [0.4, 0.5) is 0 Å². The second-order valence-corrected chi connectivity index (χ2v) is 16.6. The van der Waals surface area contributed by atoms with Gasteiger partial charge in [-0.2, -0.15) is 0 Å². The maximum absolute atomic E-state index is 9.69. The van der Waals surface area contributed by atoms with Crippen molar-refractivity contribution in [3.63, 3.8) is 0 Å². The zero-order valence-corrected chi connectivity index (χ0v) is 26.8. The van der Waals surface area contributed by atoms with E-state index < -0.39 is 0 Å². The Kier molecular flexibility index (Phi) is 8.87. The highest BCUT2D eigenvalue weighted by Crippen LogP contribution is 2.58. The third-order valence-electron chi connectivity index (χ3n) is 6.64. The topological polar surface area (TPSA) is 33.1 Å². The third-order valence-corrected chi connectivity index (χ3v) is 14.9. The minimum Gasteiger partial charge on any atom is -0.513 e. The lowest BCUT2D eigenvalue weighted by molar-refractivity contribution is 0.538. The molecular formula is C31H29NOS6. The Morgan fingerprint density at radius 1 is 0.769 bits per heavy atom. The number of aromatic nitrogens is 1. The molecule has 3 aromatic rings. The van der Waals surface area contributed by atoms with E-state index >= 15 is 0 Å². The van der Waals surface area contributed by atoms with Crippen LogP contribution in [0.1, 0.15) is 39.5 Å². The summed E-state index contributed by atoms with van der Waals surface area (Å²) in [4.78, 5) is 4.36. The van der Waals surface area contributed by atoms with Crippen LogP contribution >= 0.6 is 69.7 Å². The zero-order chi connectivity index (χ0) is 26.8. The summed E-state index contributed by atoms with van der Waals surface area (Å²) in [5, 5.41) is 18.2. The molecule has 0 aliphatic carbocycles. The lowest BCUT2D eigenvalue weighted by Crippen LogP contribution is -2.07. The smallest absolute Gasteiger partial charge is 0.116 e. The SMILES string of the molecule is CCCCSC1=C(SCCCC)SC(=c2c3ccccc3c(=c3sc4cn/c(=C\O)c=4s3)c3ccccc23)S1. The molecule has 0 radical (unpaired) electrons. The second kappa shape index (κ2) is 12.5. The highest BCUT2D eigenvalue weighted by atomic mass is 32.3. The minimum absolute atomic E-state index is 0.657. The fraction of sp³-hybridized carbons (Fsp3) is 0.258. The summed E-state index contributed by atoms with van der Waals surface area (Å²) in [7, 11) is 0. The molecule has 0 bridgehead atoms. The lowest BCUT2D eigenvalue weighted by atomic mass is 9.99. The molecule has 3 aromatic carbocycles. The van der Waals surface area contributed by atoms with E-state index in [4.69, 9.17) is 0 Å². The minimum atomic E-state index is 0.657. The fourth-order valence-corrected chi connectivity index (χ4v) is 13.6. The van der Waals surface area contributed by atoms with Crippen LogP contribution in [-0.4, -0.2) is 21.6 Å². The van der Waals surface area contributed by atoms with Crippen molar-refractivity contribution < 1.29 is 5.11 Å². The summed E-state index contributed by atoms with van der Waals surface area (Å²) >= 11 is 11.6. The van der Waals surface area contributed by atoms with Crippen LogP contribution < -0.4 is 10.6 Å². The van der Waals surface area contributed by atoms with E-state index in [-0.39, 0.29) is 0 Å². The van der Waals surface area contributed by atoms with Crippen LogP contribution in [0, 0.1) is 18.1 Å². The molecule has 39 heavy (non-hydrogen) atoms. The summed E-state index contributed by atoms with van der Waals surface area (Å²) in [6.45, 7) is 4.55. The number of nitrogens with zero attached hydrogens (tertiary/aromatic N) is 1. The highest BCUT2D eigenvalue weighted by Gasteiger charge is 2.24. The van der Waals surface area contributed by atoms with Crippen LogP contribution in [0.25, 0.3) is 32.0 Å². The molecule has 1 N–H and O–H groups in total. The number of aliphatic hydroxyl groups is 1. The van der Waals surface area contributed by atoms with Crippen LogP contribution in [0.2, 0.25) is 0 Å². The standard InChI is InChI=1S/C31H29NOS6/c1-3-5-15-34-30-31(35-16-6-4-2)39-29(38-30)26-21-13-9-7-11-19(21)25(20-12-8-10-14-22(20)26)28-36-24-17-32-23(18-33)27(24)37-28/h7-14,17-18,33H,3-6,15-16H2,1-2H3/b23-18-. The number of hydrogen-bond donors (Lipinski definition) is 1. The van der Waals surface area contributed by atoms with E-state index in [0.717, 1.165) is 15.3 Å². The van der Waals surface area contributed by atoms with Gasteiger partial charge in [-0.1, -0.05) is 98.7 Å². The Balaban J connectivity index is 1.64. The van der Waals surface area contributed by atoms with Crippen molar-refractivity contribution in [2.75, 3.05) is 11.5 Å². The second-order valence-electron chi connectivity index (χ2n) is 9.27. The van der Waals surface area contributed by atoms with Crippen LogP contribution in [0.5, 0.6) is 0 Å². The highest BCUT2D eigenvalue weighted by molar-refractivity contribution is 8.45. The van der Waals surface area contributed by atoms with Crippen molar-refractivity contribution in [2.24, 2.45) is 0 Å². The number of aliphatic hydroxyl groups excluding tert-OH is 1. The van der Waals surface area contributed by atoms with Gasteiger partial charge in [-0.05, 0) is 45.9 Å². The number of unbranched alkanes of at least 4 members (excludes halogenated alkanes) is 2. The first kappa shape index (κ1) is 27.6. The van der Waals surface area contributed by atoms with Gasteiger partial charge < -0.3 is 5.11 Å². The van der Waals surface area contributed by atoms with E-state index in [0.29, 0.717) is 5.35 Å². The molecule has 0 aromatic heterocycles. The zero-order valence-electron chi connectivity index (χ0n) is 21.9. The first-order chi connectivity index (χ1) is 19.2. The Morgan fingerprint density at radius 2 is 1.31 bits per heavy atom. The number of hydrogen-bond acceptors (Lipinski definition) is 8. The van der Waals surface area contributed by atoms with Crippen molar-refractivity contribution >= 4 is 102 Å². The third kappa shape index (κ3) is 5.41. The van der Waals surface area contributed by atoms with Gasteiger partial charge in [-0.15, -0.1) is 46.2 Å². The monoisotopic (exact) mass is 623 g/mol. The largest absolute Gasteiger partial charge is 0.513 e. The van der Waals surface area contributed by atoms with Gasteiger partial charge in [0.05, 0.1) is 25.6 Å². The summed E-state index contributed by atoms with van der Waals surface area (Å²) in [6.07, 6.45) is 7.98. The molecule has 6 rings (SSSR count). The van der Waals surface area contributed by atoms with Gasteiger partial charge in [0.1, 0.15) is 11.6 Å². The Labute approximate surface area is 253 Å². The quantitative estimate of drug-likeness (QED) is 0.137. The first-order valence-corrected chi connectivity index (χ1v) is 18.5. The van der Waals surface area contributed by atoms with E-state index in [2.05, 4.69) is 67.4 Å². The number of benzene rings is 3. The van der Waals surface area contributed by atoms with Gasteiger partial charge in [-0.3, -0.25) is 4.98 Å². The van der Waals surface area contributed by atoms with E-state index in [1.807, 2.05) is 53.2 Å². The number of rotatable bonds is 8.